The van der Waals surface area contributed by atoms with E-state index >= 15 is 0 Å². The first-order valence-electron chi connectivity index (χ1n) is 10.2. The van der Waals surface area contributed by atoms with Crippen molar-refractivity contribution >= 4 is 17.5 Å². The number of hydrogen-bond donors (Lipinski definition) is 1. The van der Waals surface area contributed by atoms with E-state index < -0.39 is 0 Å². The lowest BCUT2D eigenvalue weighted by Gasteiger charge is -2.35. The normalized spacial score (nSPS) is 15.2. The second-order valence-corrected chi connectivity index (χ2v) is 7.48. The lowest BCUT2D eigenvalue weighted by atomic mass is 10.1. The molecule has 1 aliphatic rings. The van der Waals surface area contributed by atoms with Crippen molar-refractivity contribution in [1.82, 2.24) is 14.7 Å². The maximum atomic E-state index is 12.5. The van der Waals surface area contributed by atoms with Crippen LogP contribution in [-0.2, 0) is 16.0 Å². The van der Waals surface area contributed by atoms with E-state index in [1.54, 1.807) is 0 Å². The molecule has 0 unspecified atom stereocenters. The number of likely N-dealkylation sites (N-methyl/N-ethyl adjacent to an activating group) is 1. The average molecular weight is 387 g/mol. The van der Waals surface area contributed by atoms with Crippen molar-refractivity contribution in [3.63, 3.8) is 0 Å². The molecule has 2 rings (SSSR count). The minimum atomic E-state index is 0.0176. The lowest BCUT2D eigenvalue weighted by Crippen LogP contribution is -2.51. The molecule has 2 amide bonds. The highest BCUT2D eigenvalue weighted by atomic mass is 16.2. The third-order valence-electron chi connectivity index (χ3n) is 5.06. The Hall–Kier alpha value is -2.18. The maximum absolute atomic E-state index is 12.5. The Balaban J connectivity index is 1.76. The Morgan fingerprint density at radius 3 is 2.25 bits per heavy atom. The standard InChI is InChI=1S/C22H34N4O2/c1-5-19-9-7-8-10-20(19)23-21(27)16-24-11-13-25(14-12-24)17-22(28)26(6-2)15-18(3)4/h7-10H,3,5-6,11-17H2,1-2,4H3,(H,23,27). The summed E-state index contributed by atoms with van der Waals surface area (Å²) in [4.78, 5) is 31.0. The zero-order valence-electron chi connectivity index (χ0n) is 17.5. The van der Waals surface area contributed by atoms with Crippen molar-refractivity contribution in [2.24, 2.45) is 0 Å². The molecule has 28 heavy (non-hydrogen) atoms. The van der Waals surface area contributed by atoms with E-state index in [-0.39, 0.29) is 11.8 Å². The number of anilines is 1. The first-order valence-corrected chi connectivity index (χ1v) is 10.2. The fourth-order valence-corrected chi connectivity index (χ4v) is 3.44. The van der Waals surface area contributed by atoms with Gasteiger partial charge in [-0.2, -0.15) is 0 Å². The van der Waals surface area contributed by atoms with Gasteiger partial charge in [0.1, 0.15) is 0 Å². The Morgan fingerprint density at radius 2 is 1.68 bits per heavy atom. The van der Waals surface area contributed by atoms with Crippen molar-refractivity contribution in [3.05, 3.63) is 42.0 Å². The van der Waals surface area contributed by atoms with Gasteiger partial charge < -0.3 is 10.2 Å². The number of carbonyl (C=O) groups excluding carboxylic acids is 2. The summed E-state index contributed by atoms with van der Waals surface area (Å²) in [6.45, 7) is 15.3. The van der Waals surface area contributed by atoms with Crippen LogP contribution in [0.1, 0.15) is 26.3 Å². The molecule has 154 valence electrons. The smallest absolute Gasteiger partial charge is 0.238 e. The molecule has 1 saturated heterocycles. The van der Waals surface area contributed by atoms with Crippen molar-refractivity contribution in [2.45, 2.75) is 27.2 Å². The van der Waals surface area contributed by atoms with Crippen LogP contribution in [0.5, 0.6) is 0 Å². The Bertz CT molecular complexity index is 681. The molecule has 0 radical (unpaired) electrons. The van der Waals surface area contributed by atoms with E-state index in [1.165, 1.54) is 0 Å². The van der Waals surface area contributed by atoms with Gasteiger partial charge in [-0.15, -0.1) is 0 Å². The van der Waals surface area contributed by atoms with Gasteiger partial charge in [0, 0.05) is 45.0 Å². The molecule has 6 heteroatoms. The molecule has 1 N–H and O–H groups in total. The molecule has 0 aliphatic carbocycles. The van der Waals surface area contributed by atoms with Gasteiger partial charge in [0.25, 0.3) is 0 Å². The van der Waals surface area contributed by atoms with Crippen LogP contribution < -0.4 is 5.32 Å². The second kappa shape index (κ2) is 11.0. The molecule has 0 aromatic heterocycles. The summed E-state index contributed by atoms with van der Waals surface area (Å²) < 4.78 is 0. The maximum Gasteiger partial charge on any atom is 0.238 e. The van der Waals surface area contributed by atoms with Gasteiger partial charge in [0.15, 0.2) is 0 Å². The molecule has 0 bridgehead atoms. The summed E-state index contributed by atoms with van der Waals surface area (Å²) in [5.74, 6) is 0.164. The molecule has 6 nitrogen and oxygen atoms in total. The fraction of sp³-hybridized carbons (Fsp3) is 0.545. The molecular weight excluding hydrogens is 352 g/mol. The topological polar surface area (TPSA) is 55.9 Å². The number of piperazine rings is 1. The van der Waals surface area contributed by atoms with Crippen LogP contribution >= 0.6 is 0 Å². The Labute approximate surface area is 169 Å². The van der Waals surface area contributed by atoms with Gasteiger partial charge >= 0.3 is 0 Å². The number of carbonyl (C=O) groups is 2. The molecular formula is C22H34N4O2. The monoisotopic (exact) mass is 386 g/mol. The van der Waals surface area contributed by atoms with Gasteiger partial charge in [-0.25, -0.2) is 0 Å². The van der Waals surface area contributed by atoms with Crippen LogP contribution in [-0.4, -0.2) is 78.9 Å². The molecule has 1 fully saturated rings. The number of aryl methyl sites for hydroxylation is 1. The van der Waals surface area contributed by atoms with Crippen molar-refractivity contribution in [3.8, 4) is 0 Å². The summed E-state index contributed by atoms with van der Waals surface area (Å²) in [6, 6.07) is 7.92. The van der Waals surface area contributed by atoms with E-state index in [4.69, 9.17) is 0 Å². The predicted octanol–water partition coefficient (Wildman–Crippen LogP) is 2.23. The van der Waals surface area contributed by atoms with E-state index in [2.05, 4.69) is 28.6 Å². The van der Waals surface area contributed by atoms with Crippen LogP contribution in [0.2, 0.25) is 0 Å². The third-order valence-corrected chi connectivity index (χ3v) is 5.06. The van der Waals surface area contributed by atoms with Crippen LogP contribution in [0.25, 0.3) is 0 Å². The quantitative estimate of drug-likeness (QED) is 0.662. The zero-order chi connectivity index (χ0) is 20.5. The Morgan fingerprint density at radius 1 is 1.07 bits per heavy atom. The number of rotatable bonds is 9. The average Bonchev–Trinajstić information content (AvgIpc) is 2.67. The zero-order valence-corrected chi connectivity index (χ0v) is 17.5. The number of hydrogen-bond acceptors (Lipinski definition) is 4. The summed E-state index contributed by atoms with van der Waals surface area (Å²) in [7, 11) is 0. The van der Waals surface area contributed by atoms with Gasteiger partial charge in [-0.3, -0.25) is 19.4 Å². The predicted molar refractivity (Wildman–Crippen MR) is 114 cm³/mol. The van der Waals surface area contributed by atoms with Crippen molar-refractivity contribution in [1.29, 1.82) is 0 Å². The number of amides is 2. The molecule has 1 aromatic carbocycles. The molecule has 0 saturated carbocycles. The SMILES string of the molecule is C=C(C)CN(CC)C(=O)CN1CCN(CC(=O)Nc2ccccc2CC)CC1. The van der Waals surface area contributed by atoms with Crippen LogP contribution in [0.3, 0.4) is 0 Å². The fourth-order valence-electron chi connectivity index (χ4n) is 3.44. The van der Waals surface area contributed by atoms with Gasteiger partial charge in [-0.1, -0.05) is 37.3 Å². The summed E-state index contributed by atoms with van der Waals surface area (Å²) in [6.07, 6.45) is 0.892. The van der Waals surface area contributed by atoms with E-state index in [0.717, 1.165) is 49.4 Å². The molecule has 0 spiro atoms. The van der Waals surface area contributed by atoms with Crippen LogP contribution in [0, 0.1) is 0 Å². The molecule has 1 aliphatic heterocycles. The number of nitrogens with one attached hydrogen (secondary N) is 1. The highest BCUT2D eigenvalue weighted by Gasteiger charge is 2.22. The molecule has 0 atom stereocenters. The van der Waals surface area contributed by atoms with Gasteiger partial charge in [0.2, 0.25) is 11.8 Å². The summed E-state index contributed by atoms with van der Waals surface area (Å²) in [5, 5.41) is 3.03. The second-order valence-electron chi connectivity index (χ2n) is 7.48. The van der Waals surface area contributed by atoms with Gasteiger partial charge in [-0.05, 0) is 31.9 Å². The van der Waals surface area contributed by atoms with E-state index in [9.17, 15) is 9.59 Å². The van der Waals surface area contributed by atoms with E-state index in [1.807, 2.05) is 43.0 Å². The highest BCUT2D eigenvalue weighted by Crippen LogP contribution is 2.15. The van der Waals surface area contributed by atoms with Gasteiger partial charge in [0.05, 0.1) is 13.1 Å². The number of nitrogens with zero attached hydrogens (tertiary/aromatic N) is 3. The minimum absolute atomic E-state index is 0.0176. The van der Waals surface area contributed by atoms with Crippen molar-refractivity contribution < 1.29 is 9.59 Å². The third kappa shape index (κ3) is 6.77. The number of para-hydroxylation sites is 1. The summed E-state index contributed by atoms with van der Waals surface area (Å²) in [5.41, 5.74) is 3.04. The first-order chi connectivity index (χ1) is 13.4. The number of benzene rings is 1. The Kier molecular flexibility index (Phi) is 8.67. The van der Waals surface area contributed by atoms with Crippen LogP contribution in [0.15, 0.2) is 36.4 Å². The highest BCUT2D eigenvalue weighted by molar-refractivity contribution is 5.93. The lowest BCUT2D eigenvalue weighted by molar-refractivity contribution is -0.132. The molecule has 1 aromatic rings. The van der Waals surface area contributed by atoms with Crippen LogP contribution in [0.4, 0.5) is 5.69 Å². The van der Waals surface area contributed by atoms with Crippen molar-refractivity contribution in [2.75, 3.05) is 57.7 Å². The summed E-state index contributed by atoms with van der Waals surface area (Å²) >= 11 is 0. The first kappa shape index (κ1) is 22.1. The minimum Gasteiger partial charge on any atom is -0.338 e. The largest absolute Gasteiger partial charge is 0.338 e. The van der Waals surface area contributed by atoms with E-state index in [0.29, 0.717) is 26.2 Å². The molecule has 1 heterocycles.